The molecule has 1 aromatic carbocycles. The molecule has 0 bridgehead atoms. The van der Waals surface area contributed by atoms with Crippen LogP contribution in [-0.2, 0) is 12.2 Å². The van der Waals surface area contributed by atoms with Crippen LogP contribution in [0.1, 0.15) is 24.0 Å². The zero-order valence-corrected chi connectivity index (χ0v) is 10.7. The third-order valence-electron chi connectivity index (χ3n) is 3.63. The first-order valence-corrected chi connectivity index (χ1v) is 6.25. The van der Waals surface area contributed by atoms with Gasteiger partial charge in [-0.3, -0.25) is 0 Å². The zero-order valence-electron chi connectivity index (χ0n) is 10.7. The number of hydrogen-bond donors (Lipinski definition) is 1. The standard InChI is InChI=1S/C14H21FN2/c1-16-11-12-3-5-13(6-4-12)14(15)7-9-17(2)10-8-14/h3-6,16H,7-11H2,1-2H3. The molecule has 1 N–H and O–H groups in total. The van der Waals surface area contributed by atoms with Crippen LogP contribution in [0.15, 0.2) is 24.3 Å². The Morgan fingerprint density at radius 3 is 2.35 bits per heavy atom. The van der Waals surface area contributed by atoms with Crippen LogP contribution in [-0.4, -0.2) is 32.1 Å². The zero-order chi connectivity index (χ0) is 12.3. The van der Waals surface area contributed by atoms with E-state index < -0.39 is 5.67 Å². The first-order chi connectivity index (χ1) is 8.14. The van der Waals surface area contributed by atoms with Crippen molar-refractivity contribution in [2.45, 2.75) is 25.1 Å². The minimum absolute atomic E-state index is 0.606. The van der Waals surface area contributed by atoms with E-state index in [1.165, 1.54) is 5.56 Å². The summed E-state index contributed by atoms with van der Waals surface area (Å²) in [6.07, 6.45) is 1.21. The highest BCUT2D eigenvalue weighted by atomic mass is 19.1. The van der Waals surface area contributed by atoms with Crippen molar-refractivity contribution >= 4 is 0 Å². The molecule has 1 aromatic rings. The van der Waals surface area contributed by atoms with Gasteiger partial charge in [0.1, 0.15) is 5.67 Å². The lowest BCUT2D eigenvalue weighted by molar-refractivity contribution is 0.0674. The van der Waals surface area contributed by atoms with Gasteiger partial charge in [-0.15, -0.1) is 0 Å². The molecule has 0 unspecified atom stereocenters. The Balaban J connectivity index is 2.10. The van der Waals surface area contributed by atoms with Crippen molar-refractivity contribution in [3.63, 3.8) is 0 Å². The van der Waals surface area contributed by atoms with Crippen LogP contribution in [0.5, 0.6) is 0 Å². The second kappa shape index (κ2) is 5.15. The molecule has 3 heteroatoms. The Hall–Kier alpha value is -0.930. The third kappa shape index (κ3) is 2.85. The lowest BCUT2D eigenvalue weighted by Crippen LogP contribution is -2.37. The lowest BCUT2D eigenvalue weighted by Gasteiger charge is -2.34. The van der Waals surface area contributed by atoms with E-state index >= 15 is 0 Å². The summed E-state index contributed by atoms with van der Waals surface area (Å²) in [4.78, 5) is 2.19. The molecule has 2 rings (SSSR count). The number of hydrogen-bond acceptors (Lipinski definition) is 2. The average molecular weight is 236 g/mol. The molecule has 94 valence electrons. The SMILES string of the molecule is CNCc1ccc(C2(F)CCN(C)CC2)cc1. The molecule has 1 aliphatic rings. The Morgan fingerprint density at radius 2 is 1.82 bits per heavy atom. The maximum Gasteiger partial charge on any atom is 0.138 e. The average Bonchev–Trinajstić information content (AvgIpc) is 2.35. The van der Waals surface area contributed by atoms with E-state index in [1.54, 1.807) is 0 Å². The summed E-state index contributed by atoms with van der Waals surface area (Å²) in [5.74, 6) is 0. The second-order valence-electron chi connectivity index (χ2n) is 5.00. The van der Waals surface area contributed by atoms with Crippen molar-refractivity contribution < 1.29 is 4.39 Å². The normalized spacial score (nSPS) is 20.4. The molecule has 0 radical (unpaired) electrons. The number of benzene rings is 1. The summed E-state index contributed by atoms with van der Waals surface area (Å²) in [5, 5.41) is 3.10. The summed E-state index contributed by atoms with van der Waals surface area (Å²) in [6.45, 7) is 2.52. The van der Waals surface area contributed by atoms with Crippen molar-refractivity contribution in [1.29, 1.82) is 0 Å². The van der Waals surface area contributed by atoms with Gasteiger partial charge in [0, 0.05) is 19.6 Å². The fourth-order valence-corrected chi connectivity index (χ4v) is 2.39. The van der Waals surface area contributed by atoms with E-state index in [1.807, 2.05) is 31.3 Å². The maximum atomic E-state index is 14.8. The van der Waals surface area contributed by atoms with Gasteiger partial charge in [0.15, 0.2) is 0 Å². The van der Waals surface area contributed by atoms with Crippen LogP contribution in [0.3, 0.4) is 0 Å². The van der Waals surface area contributed by atoms with Crippen molar-refractivity contribution in [2.24, 2.45) is 0 Å². The number of nitrogens with one attached hydrogen (secondary N) is 1. The molecule has 0 amide bonds. The molecule has 17 heavy (non-hydrogen) atoms. The summed E-state index contributed by atoms with van der Waals surface area (Å²) >= 11 is 0. The number of rotatable bonds is 3. The van der Waals surface area contributed by atoms with Crippen molar-refractivity contribution in [3.05, 3.63) is 35.4 Å². The first-order valence-electron chi connectivity index (χ1n) is 6.25. The molecule has 0 aromatic heterocycles. The van der Waals surface area contributed by atoms with Crippen molar-refractivity contribution in [2.75, 3.05) is 27.2 Å². The maximum absolute atomic E-state index is 14.8. The Labute approximate surface area is 103 Å². The quantitative estimate of drug-likeness (QED) is 0.866. The molecule has 1 heterocycles. The number of likely N-dealkylation sites (tertiary alicyclic amines) is 1. The molecule has 1 saturated heterocycles. The number of nitrogens with zero attached hydrogens (tertiary/aromatic N) is 1. The molecular formula is C14H21FN2. The van der Waals surface area contributed by atoms with Crippen LogP contribution >= 0.6 is 0 Å². The Morgan fingerprint density at radius 1 is 1.24 bits per heavy atom. The summed E-state index contributed by atoms with van der Waals surface area (Å²) in [5.41, 5.74) is 0.920. The highest BCUT2D eigenvalue weighted by Gasteiger charge is 2.35. The van der Waals surface area contributed by atoms with E-state index in [2.05, 4.69) is 17.3 Å². The fraction of sp³-hybridized carbons (Fsp3) is 0.571. The molecule has 0 atom stereocenters. The van der Waals surface area contributed by atoms with Gasteiger partial charge < -0.3 is 10.2 Å². The molecular weight excluding hydrogens is 215 g/mol. The molecule has 1 aliphatic heterocycles. The van der Waals surface area contributed by atoms with E-state index in [4.69, 9.17) is 0 Å². The van der Waals surface area contributed by atoms with Crippen molar-refractivity contribution in [3.8, 4) is 0 Å². The minimum atomic E-state index is -1.12. The highest BCUT2D eigenvalue weighted by Crippen LogP contribution is 2.36. The van der Waals surface area contributed by atoms with Gasteiger partial charge in [-0.1, -0.05) is 24.3 Å². The van der Waals surface area contributed by atoms with Gasteiger partial charge in [-0.2, -0.15) is 0 Å². The fourth-order valence-electron chi connectivity index (χ4n) is 2.39. The van der Waals surface area contributed by atoms with Gasteiger partial charge in [-0.05, 0) is 38.1 Å². The molecule has 0 spiro atoms. The van der Waals surface area contributed by atoms with Crippen LogP contribution in [0, 0.1) is 0 Å². The van der Waals surface area contributed by atoms with Crippen molar-refractivity contribution in [1.82, 2.24) is 10.2 Å². The minimum Gasteiger partial charge on any atom is -0.316 e. The molecule has 2 nitrogen and oxygen atoms in total. The predicted octanol–water partition coefficient (Wildman–Crippen LogP) is 2.30. The van der Waals surface area contributed by atoms with E-state index in [0.29, 0.717) is 12.8 Å². The van der Waals surface area contributed by atoms with Gasteiger partial charge in [0.05, 0.1) is 0 Å². The highest BCUT2D eigenvalue weighted by molar-refractivity contribution is 5.28. The second-order valence-corrected chi connectivity index (χ2v) is 5.00. The molecule has 0 saturated carbocycles. The van der Waals surface area contributed by atoms with E-state index in [-0.39, 0.29) is 0 Å². The van der Waals surface area contributed by atoms with Crippen LogP contribution in [0.4, 0.5) is 4.39 Å². The number of alkyl halides is 1. The number of halogens is 1. The summed E-state index contributed by atoms with van der Waals surface area (Å²) < 4.78 is 14.8. The smallest absolute Gasteiger partial charge is 0.138 e. The summed E-state index contributed by atoms with van der Waals surface area (Å²) in [6, 6.07) is 7.92. The van der Waals surface area contributed by atoms with Crippen LogP contribution in [0.2, 0.25) is 0 Å². The molecule has 1 fully saturated rings. The Kier molecular flexibility index (Phi) is 3.79. The van der Waals surface area contributed by atoms with Gasteiger partial charge in [-0.25, -0.2) is 4.39 Å². The van der Waals surface area contributed by atoms with E-state index in [0.717, 1.165) is 25.2 Å². The van der Waals surface area contributed by atoms with Crippen LogP contribution < -0.4 is 5.32 Å². The molecule has 0 aliphatic carbocycles. The monoisotopic (exact) mass is 236 g/mol. The third-order valence-corrected chi connectivity index (χ3v) is 3.63. The largest absolute Gasteiger partial charge is 0.316 e. The lowest BCUT2D eigenvalue weighted by atomic mass is 9.86. The van der Waals surface area contributed by atoms with Gasteiger partial charge in [0.25, 0.3) is 0 Å². The number of piperidine rings is 1. The predicted molar refractivity (Wildman–Crippen MR) is 68.7 cm³/mol. The topological polar surface area (TPSA) is 15.3 Å². The first kappa shape index (κ1) is 12.5. The summed E-state index contributed by atoms with van der Waals surface area (Å²) in [7, 11) is 3.97. The van der Waals surface area contributed by atoms with Gasteiger partial charge >= 0.3 is 0 Å². The van der Waals surface area contributed by atoms with Crippen LogP contribution in [0.25, 0.3) is 0 Å². The van der Waals surface area contributed by atoms with E-state index in [9.17, 15) is 4.39 Å². The Bertz CT molecular complexity index is 353. The van der Waals surface area contributed by atoms with Gasteiger partial charge in [0.2, 0.25) is 0 Å².